The molecule has 2 aromatic carbocycles. The molecular formula is C22H26N2O2. The Hall–Kier alpha value is -2.17. The number of benzene rings is 2. The van der Waals surface area contributed by atoms with Crippen LogP contribution in [0.25, 0.3) is 0 Å². The summed E-state index contributed by atoms with van der Waals surface area (Å²) < 4.78 is 10.8. The molecule has 0 aromatic heterocycles. The zero-order chi connectivity index (χ0) is 17.8. The molecular weight excluding hydrogens is 324 g/mol. The maximum absolute atomic E-state index is 5.64. The van der Waals surface area contributed by atoms with E-state index in [1.807, 2.05) is 0 Å². The van der Waals surface area contributed by atoms with Gasteiger partial charge in [-0.2, -0.15) is 0 Å². The molecule has 2 heterocycles. The number of fused-ring (bicyclic) bond motifs is 1. The molecule has 136 valence electrons. The number of anilines is 1. The van der Waals surface area contributed by atoms with Gasteiger partial charge >= 0.3 is 0 Å². The van der Waals surface area contributed by atoms with E-state index in [1.54, 1.807) is 7.11 Å². The van der Waals surface area contributed by atoms with Crippen LogP contribution in [0, 0.1) is 5.41 Å². The Morgan fingerprint density at radius 3 is 2.54 bits per heavy atom. The summed E-state index contributed by atoms with van der Waals surface area (Å²) in [4.78, 5) is 5.02. The first-order valence-corrected chi connectivity index (χ1v) is 9.33. The molecule has 0 atom stereocenters. The van der Waals surface area contributed by atoms with Gasteiger partial charge in [-0.05, 0) is 42.0 Å². The van der Waals surface area contributed by atoms with Crippen LogP contribution in [0.5, 0.6) is 0 Å². The van der Waals surface area contributed by atoms with Crippen molar-refractivity contribution in [2.75, 3.05) is 25.6 Å². The normalized spacial score (nSPS) is 20.0. The Labute approximate surface area is 155 Å². The van der Waals surface area contributed by atoms with E-state index in [9.17, 15) is 0 Å². The van der Waals surface area contributed by atoms with Gasteiger partial charge in [-0.25, -0.2) is 0 Å². The Balaban J connectivity index is 1.58. The van der Waals surface area contributed by atoms with E-state index >= 15 is 0 Å². The standard InChI is InChI=1S/C22H26N2O2/c1-25-16-18-8-6-17(7-9-18)15-23-21-22(10-12-26-13-11-22)14-19-4-2-3-5-20(19)24-21/h2-9H,10-16H2,1H3,(H,23,24). The van der Waals surface area contributed by atoms with Crippen LogP contribution in [-0.4, -0.2) is 26.2 Å². The third-order valence-corrected chi connectivity index (χ3v) is 5.51. The molecule has 2 aliphatic rings. The first-order valence-electron chi connectivity index (χ1n) is 9.33. The monoisotopic (exact) mass is 350 g/mol. The maximum Gasteiger partial charge on any atom is 0.108 e. The quantitative estimate of drug-likeness (QED) is 0.899. The molecule has 1 fully saturated rings. The SMILES string of the molecule is COCc1ccc(CN=C2Nc3ccccc3CC23CCOCC3)cc1. The van der Waals surface area contributed by atoms with Crippen molar-refractivity contribution in [1.82, 2.24) is 0 Å². The number of aliphatic imine (C=N–C) groups is 1. The fourth-order valence-corrected chi connectivity index (χ4v) is 3.97. The van der Waals surface area contributed by atoms with Gasteiger partial charge in [0.05, 0.1) is 13.2 Å². The predicted molar refractivity (Wildman–Crippen MR) is 105 cm³/mol. The molecule has 0 bridgehead atoms. The van der Waals surface area contributed by atoms with Crippen LogP contribution in [0.4, 0.5) is 5.69 Å². The summed E-state index contributed by atoms with van der Waals surface area (Å²) in [6.45, 7) is 2.97. The molecule has 4 nitrogen and oxygen atoms in total. The Kier molecular flexibility index (Phi) is 5.05. The van der Waals surface area contributed by atoms with Gasteiger partial charge in [0.1, 0.15) is 5.84 Å². The second-order valence-corrected chi connectivity index (χ2v) is 7.27. The molecule has 1 saturated heterocycles. The van der Waals surface area contributed by atoms with Crippen LogP contribution in [0.3, 0.4) is 0 Å². The summed E-state index contributed by atoms with van der Waals surface area (Å²) in [5.74, 6) is 1.13. The van der Waals surface area contributed by atoms with E-state index in [0.29, 0.717) is 13.2 Å². The molecule has 0 radical (unpaired) electrons. The first-order chi connectivity index (χ1) is 12.8. The van der Waals surface area contributed by atoms with Crippen molar-refractivity contribution in [3.8, 4) is 0 Å². The molecule has 2 aromatic rings. The van der Waals surface area contributed by atoms with E-state index in [4.69, 9.17) is 14.5 Å². The topological polar surface area (TPSA) is 42.8 Å². The van der Waals surface area contributed by atoms with Gasteiger partial charge in [-0.15, -0.1) is 0 Å². The Morgan fingerprint density at radius 2 is 1.77 bits per heavy atom. The number of hydrogen-bond donors (Lipinski definition) is 1. The van der Waals surface area contributed by atoms with Crippen molar-refractivity contribution >= 4 is 11.5 Å². The van der Waals surface area contributed by atoms with Crippen LogP contribution < -0.4 is 5.32 Å². The highest BCUT2D eigenvalue weighted by atomic mass is 16.5. The van der Waals surface area contributed by atoms with Gasteiger partial charge in [0, 0.05) is 31.4 Å². The average molecular weight is 350 g/mol. The minimum atomic E-state index is 0.0859. The lowest BCUT2D eigenvalue weighted by molar-refractivity contribution is 0.0448. The van der Waals surface area contributed by atoms with Crippen molar-refractivity contribution < 1.29 is 9.47 Å². The fourth-order valence-electron chi connectivity index (χ4n) is 3.97. The summed E-state index contributed by atoms with van der Waals surface area (Å²) in [7, 11) is 1.72. The molecule has 1 N–H and O–H groups in total. The predicted octanol–water partition coefficient (Wildman–Crippen LogP) is 4.20. The number of nitrogens with zero attached hydrogens (tertiary/aromatic N) is 1. The number of para-hydroxylation sites is 1. The zero-order valence-electron chi connectivity index (χ0n) is 15.3. The van der Waals surface area contributed by atoms with Gasteiger partial charge in [-0.3, -0.25) is 4.99 Å². The lowest BCUT2D eigenvalue weighted by Crippen LogP contribution is -2.45. The minimum absolute atomic E-state index is 0.0859. The maximum atomic E-state index is 5.64. The van der Waals surface area contributed by atoms with Crippen LogP contribution >= 0.6 is 0 Å². The highest BCUT2D eigenvalue weighted by Gasteiger charge is 2.41. The van der Waals surface area contributed by atoms with E-state index < -0.39 is 0 Å². The number of rotatable bonds is 4. The third kappa shape index (κ3) is 3.53. The Morgan fingerprint density at radius 1 is 1.04 bits per heavy atom. The zero-order valence-corrected chi connectivity index (χ0v) is 15.3. The van der Waals surface area contributed by atoms with Crippen LogP contribution in [0.1, 0.15) is 29.5 Å². The van der Waals surface area contributed by atoms with Crippen molar-refractivity contribution in [2.45, 2.75) is 32.4 Å². The molecule has 0 unspecified atom stereocenters. The second-order valence-electron chi connectivity index (χ2n) is 7.27. The first kappa shape index (κ1) is 17.3. The van der Waals surface area contributed by atoms with Gasteiger partial charge in [0.25, 0.3) is 0 Å². The molecule has 0 aliphatic carbocycles. The summed E-state index contributed by atoms with van der Waals surface area (Å²) in [6.07, 6.45) is 3.10. The van der Waals surface area contributed by atoms with Gasteiger partial charge in [0.15, 0.2) is 0 Å². The number of methoxy groups -OCH3 is 1. The molecule has 2 aliphatic heterocycles. The van der Waals surface area contributed by atoms with Crippen LogP contribution in [0.15, 0.2) is 53.5 Å². The van der Waals surface area contributed by atoms with Crippen molar-refractivity contribution in [1.29, 1.82) is 0 Å². The summed E-state index contributed by atoms with van der Waals surface area (Å²) >= 11 is 0. The number of ether oxygens (including phenoxy) is 2. The highest BCUT2D eigenvalue weighted by molar-refractivity contribution is 6.02. The fraction of sp³-hybridized carbons (Fsp3) is 0.409. The van der Waals surface area contributed by atoms with E-state index in [2.05, 4.69) is 53.8 Å². The average Bonchev–Trinajstić information content (AvgIpc) is 2.68. The summed E-state index contributed by atoms with van der Waals surface area (Å²) in [6, 6.07) is 17.1. The lowest BCUT2D eigenvalue weighted by atomic mass is 9.71. The van der Waals surface area contributed by atoms with Gasteiger partial charge in [-0.1, -0.05) is 42.5 Å². The van der Waals surface area contributed by atoms with Crippen LogP contribution in [0.2, 0.25) is 0 Å². The summed E-state index contributed by atoms with van der Waals surface area (Å²) in [5.41, 5.74) is 5.08. The van der Waals surface area contributed by atoms with E-state index in [0.717, 1.165) is 38.3 Å². The summed E-state index contributed by atoms with van der Waals surface area (Å²) in [5, 5.41) is 3.63. The smallest absolute Gasteiger partial charge is 0.108 e. The van der Waals surface area contributed by atoms with Gasteiger partial charge < -0.3 is 14.8 Å². The number of hydrogen-bond acceptors (Lipinski definition) is 3. The molecule has 0 saturated carbocycles. The minimum Gasteiger partial charge on any atom is -0.381 e. The van der Waals surface area contributed by atoms with E-state index in [-0.39, 0.29) is 5.41 Å². The Bertz CT molecular complexity index is 777. The van der Waals surface area contributed by atoms with Gasteiger partial charge in [0.2, 0.25) is 0 Å². The van der Waals surface area contributed by atoms with Crippen molar-refractivity contribution in [3.05, 3.63) is 65.2 Å². The number of amidine groups is 1. The van der Waals surface area contributed by atoms with Crippen molar-refractivity contribution in [3.63, 3.8) is 0 Å². The third-order valence-electron chi connectivity index (χ3n) is 5.51. The molecule has 1 spiro atoms. The number of nitrogens with one attached hydrogen (secondary N) is 1. The lowest BCUT2D eigenvalue weighted by Gasteiger charge is -2.42. The van der Waals surface area contributed by atoms with Crippen LogP contribution in [-0.2, 0) is 29.0 Å². The van der Waals surface area contributed by atoms with Crippen molar-refractivity contribution in [2.24, 2.45) is 10.4 Å². The van der Waals surface area contributed by atoms with E-state index in [1.165, 1.54) is 22.4 Å². The molecule has 4 rings (SSSR count). The highest BCUT2D eigenvalue weighted by Crippen LogP contribution is 2.41. The largest absolute Gasteiger partial charge is 0.381 e. The molecule has 0 amide bonds. The molecule has 4 heteroatoms. The molecule has 26 heavy (non-hydrogen) atoms. The second kappa shape index (κ2) is 7.60.